The third-order valence-corrected chi connectivity index (χ3v) is 2.21. The number of aromatic amines is 1. The molecular formula is C6H7Cl2N3. The molecular weight excluding hydrogens is 185 g/mol. The summed E-state index contributed by atoms with van der Waals surface area (Å²) in [6.07, 6.45) is 1.82. The highest BCUT2D eigenvalue weighted by Gasteiger charge is 2.22. The lowest BCUT2D eigenvalue weighted by Crippen LogP contribution is -2.36. The van der Waals surface area contributed by atoms with Crippen LogP contribution in [0.4, 0.5) is 5.82 Å². The van der Waals surface area contributed by atoms with E-state index >= 15 is 0 Å². The molecule has 1 aromatic heterocycles. The number of anilines is 1. The van der Waals surface area contributed by atoms with E-state index < -0.39 is 0 Å². The van der Waals surface area contributed by atoms with Crippen LogP contribution < -0.4 is 10.6 Å². The fourth-order valence-corrected chi connectivity index (χ4v) is 1.71. The minimum atomic E-state index is -0.302. The Labute approximate surface area is 74.1 Å². The normalized spacial score (nSPS) is 29.3. The van der Waals surface area contributed by atoms with Gasteiger partial charge in [0.15, 0.2) is 5.62 Å². The van der Waals surface area contributed by atoms with Crippen molar-refractivity contribution in [3.8, 4) is 0 Å². The van der Waals surface area contributed by atoms with Gasteiger partial charge in [-0.1, -0.05) is 11.6 Å². The molecule has 3 nitrogen and oxygen atoms in total. The highest BCUT2D eigenvalue weighted by molar-refractivity contribution is 6.24. The van der Waals surface area contributed by atoms with Gasteiger partial charge in [-0.2, -0.15) is 0 Å². The summed E-state index contributed by atoms with van der Waals surface area (Å²) in [6.45, 7) is 0. The van der Waals surface area contributed by atoms with Gasteiger partial charge in [0.05, 0.1) is 0 Å². The number of halogens is 2. The SMILES string of the molecule is ClC1Nc2[nH]ccc2C(Cl)N1. The van der Waals surface area contributed by atoms with Gasteiger partial charge in [-0.25, -0.2) is 0 Å². The highest BCUT2D eigenvalue weighted by atomic mass is 35.5. The molecule has 1 aromatic rings. The first kappa shape index (κ1) is 7.28. The monoisotopic (exact) mass is 191 g/mol. The van der Waals surface area contributed by atoms with Crippen LogP contribution in [0.3, 0.4) is 0 Å². The Kier molecular flexibility index (Phi) is 1.71. The van der Waals surface area contributed by atoms with Crippen molar-refractivity contribution in [1.82, 2.24) is 10.3 Å². The molecule has 2 unspecified atom stereocenters. The zero-order valence-corrected chi connectivity index (χ0v) is 7.08. The van der Waals surface area contributed by atoms with Crippen molar-refractivity contribution in [2.45, 2.75) is 11.1 Å². The molecule has 2 atom stereocenters. The standard InChI is InChI=1S/C6H7Cl2N3/c7-4-3-1-2-9-5(3)11-6(8)10-4/h1-2,4,6,9-11H. The van der Waals surface area contributed by atoms with Crippen LogP contribution in [0.1, 0.15) is 11.1 Å². The lowest BCUT2D eigenvalue weighted by Gasteiger charge is -2.24. The Balaban J connectivity index is 2.36. The second-order valence-corrected chi connectivity index (χ2v) is 3.22. The van der Waals surface area contributed by atoms with Crippen LogP contribution in [0.25, 0.3) is 0 Å². The van der Waals surface area contributed by atoms with Crippen LogP contribution in [0.15, 0.2) is 12.3 Å². The van der Waals surface area contributed by atoms with E-state index in [0.717, 1.165) is 11.4 Å². The molecule has 2 heterocycles. The summed E-state index contributed by atoms with van der Waals surface area (Å²) in [4.78, 5) is 3.00. The zero-order chi connectivity index (χ0) is 7.84. The van der Waals surface area contributed by atoms with E-state index in [1.54, 1.807) is 0 Å². The van der Waals surface area contributed by atoms with Crippen LogP contribution in [0.5, 0.6) is 0 Å². The number of hydrogen-bond acceptors (Lipinski definition) is 2. The molecule has 0 aliphatic carbocycles. The molecule has 0 bridgehead atoms. The summed E-state index contributed by atoms with van der Waals surface area (Å²) in [6, 6.07) is 1.91. The summed E-state index contributed by atoms with van der Waals surface area (Å²) < 4.78 is 0. The van der Waals surface area contributed by atoms with E-state index in [2.05, 4.69) is 15.6 Å². The van der Waals surface area contributed by atoms with E-state index in [0.29, 0.717) is 0 Å². The molecule has 1 aliphatic rings. The molecule has 0 fully saturated rings. The predicted molar refractivity (Wildman–Crippen MR) is 45.8 cm³/mol. The molecule has 1 aliphatic heterocycles. The fourth-order valence-electron chi connectivity index (χ4n) is 1.10. The second-order valence-electron chi connectivity index (χ2n) is 2.34. The molecule has 5 heteroatoms. The number of alkyl halides is 2. The Hall–Kier alpha value is -0.380. The van der Waals surface area contributed by atoms with Crippen molar-refractivity contribution < 1.29 is 0 Å². The van der Waals surface area contributed by atoms with Gasteiger partial charge in [0, 0.05) is 11.8 Å². The van der Waals surface area contributed by atoms with Crippen molar-refractivity contribution in [2.75, 3.05) is 5.32 Å². The molecule has 0 saturated heterocycles. The first-order chi connectivity index (χ1) is 5.27. The number of nitrogens with one attached hydrogen (secondary N) is 3. The van der Waals surface area contributed by atoms with E-state index in [4.69, 9.17) is 23.2 Å². The fraction of sp³-hybridized carbons (Fsp3) is 0.333. The molecule has 3 N–H and O–H groups in total. The Morgan fingerprint density at radius 2 is 2.18 bits per heavy atom. The van der Waals surface area contributed by atoms with Crippen molar-refractivity contribution >= 4 is 29.0 Å². The van der Waals surface area contributed by atoms with Crippen LogP contribution >= 0.6 is 23.2 Å². The first-order valence-electron chi connectivity index (χ1n) is 3.25. The van der Waals surface area contributed by atoms with Crippen LogP contribution in [-0.4, -0.2) is 10.6 Å². The lowest BCUT2D eigenvalue weighted by atomic mass is 10.3. The molecule has 0 spiro atoms. The maximum Gasteiger partial charge on any atom is 0.157 e. The van der Waals surface area contributed by atoms with E-state index in [9.17, 15) is 0 Å². The average molecular weight is 192 g/mol. The van der Waals surface area contributed by atoms with Crippen molar-refractivity contribution in [2.24, 2.45) is 0 Å². The molecule has 0 radical (unpaired) electrons. The molecule has 2 rings (SSSR count). The summed E-state index contributed by atoms with van der Waals surface area (Å²) in [5, 5.41) is 5.91. The summed E-state index contributed by atoms with van der Waals surface area (Å²) in [7, 11) is 0. The van der Waals surface area contributed by atoms with Gasteiger partial charge in [-0.3, -0.25) is 5.32 Å². The topological polar surface area (TPSA) is 39.9 Å². The maximum atomic E-state index is 5.93. The first-order valence-corrected chi connectivity index (χ1v) is 4.12. The number of hydrogen-bond donors (Lipinski definition) is 3. The number of rotatable bonds is 0. The lowest BCUT2D eigenvalue weighted by molar-refractivity contribution is 0.641. The number of fused-ring (bicyclic) bond motifs is 1. The average Bonchev–Trinajstić information content (AvgIpc) is 2.34. The number of H-pyrrole nitrogens is 1. The number of aromatic nitrogens is 1. The maximum absolute atomic E-state index is 5.93. The van der Waals surface area contributed by atoms with Gasteiger partial charge in [0.2, 0.25) is 0 Å². The molecule has 11 heavy (non-hydrogen) atoms. The minimum Gasteiger partial charge on any atom is -0.348 e. The van der Waals surface area contributed by atoms with Crippen molar-refractivity contribution in [3.63, 3.8) is 0 Å². The molecule has 0 amide bonds. The second kappa shape index (κ2) is 2.59. The van der Waals surface area contributed by atoms with Gasteiger partial charge in [-0.15, -0.1) is 11.6 Å². The quantitative estimate of drug-likeness (QED) is 0.433. The van der Waals surface area contributed by atoms with Crippen LogP contribution in [0.2, 0.25) is 0 Å². The molecule has 0 aromatic carbocycles. The van der Waals surface area contributed by atoms with Gasteiger partial charge < -0.3 is 10.3 Å². The third kappa shape index (κ3) is 1.20. The Morgan fingerprint density at radius 1 is 1.36 bits per heavy atom. The smallest absolute Gasteiger partial charge is 0.157 e. The van der Waals surface area contributed by atoms with E-state index in [-0.39, 0.29) is 11.1 Å². The predicted octanol–water partition coefficient (Wildman–Crippen LogP) is 1.79. The largest absolute Gasteiger partial charge is 0.348 e. The van der Waals surface area contributed by atoms with Gasteiger partial charge in [0.1, 0.15) is 11.3 Å². The van der Waals surface area contributed by atoms with Gasteiger partial charge >= 0.3 is 0 Å². The molecule has 60 valence electrons. The van der Waals surface area contributed by atoms with Crippen LogP contribution in [-0.2, 0) is 0 Å². The van der Waals surface area contributed by atoms with Crippen LogP contribution in [0, 0.1) is 0 Å². The third-order valence-electron chi connectivity index (χ3n) is 1.62. The highest BCUT2D eigenvalue weighted by Crippen LogP contribution is 2.29. The Morgan fingerprint density at radius 3 is 3.00 bits per heavy atom. The zero-order valence-electron chi connectivity index (χ0n) is 5.57. The summed E-state index contributed by atoms with van der Waals surface area (Å²) >= 11 is 11.7. The summed E-state index contributed by atoms with van der Waals surface area (Å²) in [5.74, 6) is 0.892. The van der Waals surface area contributed by atoms with Crippen molar-refractivity contribution in [1.29, 1.82) is 0 Å². The minimum absolute atomic E-state index is 0.208. The summed E-state index contributed by atoms with van der Waals surface area (Å²) in [5.41, 5.74) is 0.493. The van der Waals surface area contributed by atoms with Crippen molar-refractivity contribution in [3.05, 3.63) is 17.8 Å². The van der Waals surface area contributed by atoms with E-state index in [1.165, 1.54) is 0 Å². The van der Waals surface area contributed by atoms with Gasteiger partial charge in [-0.05, 0) is 6.07 Å². The van der Waals surface area contributed by atoms with Gasteiger partial charge in [0.25, 0.3) is 0 Å². The Bertz CT molecular complexity index is 260. The molecule has 0 saturated carbocycles. The van der Waals surface area contributed by atoms with E-state index in [1.807, 2.05) is 12.3 Å².